The number of likely N-dealkylation sites (N-methyl/N-ethyl adjacent to an activating group) is 1. The van der Waals surface area contributed by atoms with Crippen molar-refractivity contribution in [3.05, 3.63) is 65.5 Å². The Hall–Kier alpha value is -2.94. The number of halogens is 1. The summed E-state index contributed by atoms with van der Waals surface area (Å²) in [6.07, 6.45) is 1.38. The van der Waals surface area contributed by atoms with Gasteiger partial charge in [0.05, 0.1) is 11.9 Å². The molecule has 1 N–H and O–H groups in total. The van der Waals surface area contributed by atoms with Crippen LogP contribution >= 0.6 is 0 Å². The Morgan fingerprint density at radius 1 is 1.09 bits per heavy atom. The number of amides is 2. The van der Waals surface area contributed by atoms with E-state index in [0.29, 0.717) is 11.3 Å². The van der Waals surface area contributed by atoms with Gasteiger partial charge in [0.1, 0.15) is 11.9 Å². The maximum atomic E-state index is 14.2. The van der Waals surface area contributed by atoms with Gasteiger partial charge in [-0.2, -0.15) is 0 Å². The zero-order valence-corrected chi connectivity index (χ0v) is 19.7. The Balaban J connectivity index is 2.17. The first kappa shape index (κ1) is 25.3. The average Bonchev–Trinajstić information content (AvgIpc) is 2.75. The van der Waals surface area contributed by atoms with Crippen LogP contribution in [0.15, 0.2) is 48.5 Å². The molecule has 0 spiro atoms. The molecule has 2 amide bonds. The van der Waals surface area contributed by atoms with E-state index in [1.54, 1.807) is 37.3 Å². The zero-order valence-electron chi connectivity index (χ0n) is 18.8. The lowest BCUT2D eigenvalue weighted by Gasteiger charge is -2.29. The summed E-state index contributed by atoms with van der Waals surface area (Å²) in [6.45, 7) is 3.44. The molecule has 0 bridgehead atoms. The molecule has 32 heavy (non-hydrogen) atoms. The van der Waals surface area contributed by atoms with Gasteiger partial charge in [-0.1, -0.05) is 36.4 Å². The topological polar surface area (TPSA) is 86.8 Å². The number of nitrogens with one attached hydrogen (secondary N) is 1. The standard InChI is InChI=1S/C23H30FN3O4S/c1-17-10-5-8-13-21(17)27(32(4,30)31)15-9-14-22(28)26(18(2)23(29)25-3)16-19-11-6-7-12-20(19)24/h5-8,10-13,18H,9,14-16H2,1-4H3,(H,25,29). The van der Waals surface area contributed by atoms with Crippen molar-refractivity contribution < 1.29 is 22.4 Å². The number of carbonyl (C=O) groups excluding carboxylic acids is 2. The molecule has 0 aliphatic rings. The molecule has 0 radical (unpaired) electrons. The average molecular weight is 464 g/mol. The summed E-state index contributed by atoms with van der Waals surface area (Å²) in [4.78, 5) is 26.5. The van der Waals surface area contributed by atoms with Gasteiger partial charge in [0, 0.05) is 32.1 Å². The van der Waals surface area contributed by atoms with E-state index in [1.807, 2.05) is 19.1 Å². The highest BCUT2D eigenvalue weighted by Gasteiger charge is 2.27. The van der Waals surface area contributed by atoms with Gasteiger partial charge in [-0.25, -0.2) is 12.8 Å². The second kappa shape index (κ2) is 11.1. The van der Waals surface area contributed by atoms with Crippen molar-refractivity contribution in [2.75, 3.05) is 24.2 Å². The van der Waals surface area contributed by atoms with Crippen molar-refractivity contribution in [2.24, 2.45) is 0 Å². The maximum Gasteiger partial charge on any atom is 0.242 e. The number of benzene rings is 2. The SMILES string of the molecule is CNC(=O)C(C)N(Cc1ccccc1F)C(=O)CCCN(c1ccccc1C)S(C)(=O)=O. The van der Waals surface area contributed by atoms with Gasteiger partial charge >= 0.3 is 0 Å². The third kappa shape index (κ3) is 6.53. The quantitative estimate of drug-likeness (QED) is 0.587. The Labute approximate surface area is 189 Å². The minimum Gasteiger partial charge on any atom is -0.357 e. The number of nitrogens with zero attached hydrogens (tertiary/aromatic N) is 2. The fourth-order valence-electron chi connectivity index (χ4n) is 3.43. The van der Waals surface area contributed by atoms with Crippen LogP contribution in [0.2, 0.25) is 0 Å². The van der Waals surface area contributed by atoms with Crippen LogP contribution in [0.25, 0.3) is 0 Å². The normalized spacial score (nSPS) is 12.2. The lowest BCUT2D eigenvalue weighted by molar-refractivity contribution is -0.140. The first-order valence-electron chi connectivity index (χ1n) is 10.3. The molecule has 0 heterocycles. The Morgan fingerprint density at radius 2 is 1.72 bits per heavy atom. The van der Waals surface area contributed by atoms with Gasteiger partial charge in [0.2, 0.25) is 21.8 Å². The van der Waals surface area contributed by atoms with Crippen LogP contribution in [-0.2, 0) is 26.2 Å². The van der Waals surface area contributed by atoms with Crippen LogP contribution in [0.4, 0.5) is 10.1 Å². The second-order valence-electron chi connectivity index (χ2n) is 7.63. The minimum absolute atomic E-state index is 0.00763. The molecule has 7 nitrogen and oxygen atoms in total. The molecule has 0 fully saturated rings. The van der Waals surface area contributed by atoms with Gasteiger partial charge in [0.25, 0.3) is 0 Å². The number of carbonyl (C=O) groups is 2. The highest BCUT2D eigenvalue weighted by molar-refractivity contribution is 7.92. The van der Waals surface area contributed by atoms with E-state index in [-0.39, 0.29) is 37.7 Å². The van der Waals surface area contributed by atoms with Crippen LogP contribution in [0, 0.1) is 12.7 Å². The summed E-state index contributed by atoms with van der Waals surface area (Å²) >= 11 is 0. The molecule has 2 rings (SSSR count). The van der Waals surface area contributed by atoms with Crippen molar-refractivity contribution in [1.29, 1.82) is 0 Å². The van der Waals surface area contributed by atoms with Gasteiger partial charge < -0.3 is 10.2 Å². The molecule has 0 aromatic heterocycles. The van der Waals surface area contributed by atoms with Gasteiger partial charge in [0.15, 0.2) is 0 Å². The third-order valence-electron chi connectivity index (χ3n) is 5.25. The number of anilines is 1. The van der Waals surface area contributed by atoms with E-state index in [1.165, 1.54) is 22.3 Å². The predicted octanol–water partition coefficient (Wildman–Crippen LogP) is 2.84. The molecule has 0 saturated heterocycles. The van der Waals surface area contributed by atoms with Crippen molar-refractivity contribution in [3.8, 4) is 0 Å². The number of aryl methyl sites for hydroxylation is 1. The van der Waals surface area contributed by atoms with E-state index < -0.39 is 21.9 Å². The van der Waals surface area contributed by atoms with Crippen LogP contribution in [0.5, 0.6) is 0 Å². The van der Waals surface area contributed by atoms with E-state index in [0.717, 1.165) is 11.8 Å². The van der Waals surface area contributed by atoms with Crippen LogP contribution < -0.4 is 9.62 Å². The summed E-state index contributed by atoms with van der Waals surface area (Å²) in [6, 6.07) is 12.4. The number of para-hydroxylation sites is 1. The van der Waals surface area contributed by atoms with Crippen molar-refractivity contribution >= 4 is 27.5 Å². The van der Waals surface area contributed by atoms with E-state index in [4.69, 9.17) is 0 Å². The van der Waals surface area contributed by atoms with Gasteiger partial charge in [-0.05, 0) is 38.0 Å². The number of hydrogen-bond donors (Lipinski definition) is 1. The smallest absolute Gasteiger partial charge is 0.242 e. The lowest BCUT2D eigenvalue weighted by atomic mass is 10.1. The first-order valence-corrected chi connectivity index (χ1v) is 12.2. The molecule has 9 heteroatoms. The van der Waals surface area contributed by atoms with Crippen molar-refractivity contribution in [2.45, 2.75) is 39.3 Å². The van der Waals surface area contributed by atoms with E-state index in [2.05, 4.69) is 5.32 Å². The van der Waals surface area contributed by atoms with Crippen LogP contribution in [0.3, 0.4) is 0 Å². The molecule has 2 aromatic carbocycles. The number of sulfonamides is 1. The molecule has 1 unspecified atom stereocenters. The van der Waals surface area contributed by atoms with Crippen LogP contribution in [-0.4, -0.2) is 51.0 Å². The summed E-state index contributed by atoms with van der Waals surface area (Å²) in [7, 11) is -2.08. The maximum absolute atomic E-state index is 14.2. The molecular formula is C23H30FN3O4S. The molecule has 174 valence electrons. The van der Waals surface area contributed by atoms with E-state index in [9.17, 15) is 22.4 Å². The van der Waals surface area contributed by atoms with Gasteiger partial charge in [-0.15, -0.1) is 0 Å². The Bertz CT molecular complexity index is 1060. The van der Waals surface area contributed by atoms with Crippen LogP contribution in [0.1, 0.15) is 30.9 Å². The molecule has 0 aliphatic carbocycles. The van der Waals surface area contributed by atoms with Crippen molar-refractivity contribution in [1.82, 2.24) is 10.2 Å². The van der Waals surface area contributed by atoms with E-state index >= 15 is 0 Å². The van der Waals surface area contributed by atoms with Crippen molar-refractivity contribution in [3.63, 3.8) is 0 Å². The monoisotopic (exact) mass is 463 g/mol. The molecule has 0 aliphatic heterocycles. The van der Waals surface area contributed by atoms with Gasteiger partial charge in [-0.3, -0.25) is 13.9 Å². The summed E-state index contributed by atoms with van der Waals surface area (Å²) < 4.78 is 40.1. The first-order chi connectivity index (χ1) is 15.1. The Kier molecular flexibility index (Phi) is 8.77. The largest absolute Gasteiger partial charge is 0.357 e. The second-order valence-corrected chi connectivity index (χ2v) is 9.54. The predicted molar refractivity (Wildman–Crippen MR) is 123 cm³/mol. The molecule has 2 aromatic rings. The minimum atomic E-state index is -3.55. The highest BCUT2D eigenvalue weighted by Crippen LogP contribution is 2.23. The summed E-state index contributed by atoms with van der Waals surface area (Å²) in [5.74, 6) is -1.19. The number of rotatable bonds is 10. The zero-order chi connectivity index (χ0) is 23.9. The molecule has 1 atom stereocenters. The third-order valence-corrected chi connectivity index (χ3v) is 6.43. The molecule has 0 saturated carbocycles. The summed E-state index contributed by atoms with van der Waals surface area (Å²) in [5, 5.41) is 2.51. The Morgan fingerprint density at radius 3 is 2.31 bits per heavy atom. The lowest BCUT2D eigenvalue weighted by Crippen LogP contribution is -2.47. The fraction of sp³-hybridized carbons (Fsp3) is 0.391. The highest BCUT2D eigenvalue weighted by atomic mass is 32.2. The summed E-state index contributed by atoms with van der Waals surface area (Å²) in [5.41, 5.74) is 1.66. The number of hydrogen-bond acceptors (Lipinski definition) is 4. The fourth-order valence-corrected chi connectivity index (χ4v) is 4.45. The molecular weight excluding hydrogens is 433 g/mol.